The van der Waals surface area contributed by atoms with Crippen LogP contribution in [0.25, 0.3) is 0 Å². The Morgan fingerprint density at radius 3 is 2.44 bits per heavy atom. The lowest BCUT2D eigenvalue weighted by Gasteiger charge is -2.09. The van der Waals surface area contributed by atoms with Crippen LogP contribution in [0.2, 0.25) is 0 Å². The third kappa shape index (κ3) is 2.90. The molecular formula is C14H13ClF2S. The number of rotatable bonds is 3. The first-order chi connectivity index (χ1) is 8.47. The maximum atomic E-state index is 13.1. The van der Waals surface area contributed by atoms with Crippen molar-refractivity contribution in [1.29, 1.82) is 0 Å². The van der Waals surface area contributed by atoms with Gasteiger partial charge in [0.05, 0.1) is 5.38 Å². The molecule has 0 radical (unpaired) electrons. The highest BCUT2D eigenvalue weighted by Gasteiger charge is 2.14. The summed E-state index contributed by atoms with van der Waals surface area (Å²) < 4.78 is 25.9. The molecule has 1 aromatic carbocycles. The average molecular weight is 287 g/mol. The predicted molar refractivity (Wildman–Crippen MR) is 72.4 cm³/mol. The number of thiophene rings is 1. The molecule has 0 saturated heterocycles. The van der Waals surface area contributed by atoms with Crippen molar-refractivity contribution in [2.45, 2.75) is 25.6 Å². The molecule has 2 rings (SSSR count). The molecule has 1 unspecified atom stereocenters. The first-order valence-electron chi connectivity index (χ1n) is 5.62. The zero-order valence-electron chi connectivity index (χ0n) is 10.1. The molecule has 0 aliphatic rings. The minimum Gasteiger partial charge on any atom is -0.204 e. The molecule has 0 aliphatic heterocycles. The van der Waals surface area contributed by atoms with E-state index in [0.717, 1.165) is 11.6 Å². The molecule has 2 aromatic rings. The number of aryl methyl sites for hydroxylation is 2. The third-order valence-electron chi connectivity index (χ3n) is 2.82. The molecule has 0 bridgehead atoms. The fourth-order valence-corrected chi connectivity index (χ4v) is 3.40. The molecule has 0 aliphatic carbocycles. The van der Waals surface area contributed by atoms with Gasteiger partial charge in [-0.25, -0.2) is 8.78 Å². The Morgan fingerprint density at radius 2 is 1.89 bits per heavy atom. The largest absolute Gasteiger partial charge is 0.204 e. The van der Waals surface area contributed by atoms with E-state index in [4.69, 9.17) is 11.6 Å². The number of alkyl halides is 1. The molecule has 0 spiro atoms. The summed E-state index contributed by atoms with van der Waals surface area (Å²) >= 11 is 8.04. The van der Waals surface area contributed by atoms with Crippen molar-refractivity contribution in [3.8, 4) is 0 Å². The van der Waals surface area contributed by atoms with Gasteiger partial charge in [-0.2, -0.15) is 0 Å². The quantitative estimate of drug-likeness (QED) is 0.683. The highest BCUT2D eigenvalue weighted by molar-refractivity contribution is 7.12. The summed E-state index contributed by atoms with van der Waals surface area (Å²) in [6, 6.07) is 5.97. The Bertz CT molecular complexity index is 563. The van der Waals surface area contributed by atoms with Crippen molar-refractivity contribution in [3.05, 3.63) is 56.8 Å². The van der Waals surface area contributed by atoms with Crippen LogP contribution in [0.4, 0.5) is 8.78 Å². The number of hydrogen-bond donors (Lipinski definition) is 0. The number of hydrogen-bond acceptors (Lipinski definition) is 1. The lowest BCUT2D eigenvalue weighted by molar-refractivity contribution is 0.507. The van der Waals surface area contributed by atoms with Gasteiger partial charge < -0.3 is 0 Å². The van der Waals surface area contributed by atoms with Crippen LogP contribution in [-0.4, -0.2) is 0 Å². The first kappa shape index (κ1) is 13.5. The molecule has 96 valence electrons. The van der Waals surface area contributed by atoms with Crippen LogP contribution in [0.3, 0.4) is 0 Å². The second-order valence-corrected chi connectivity index (χ2v) is 6.28. The minimum atomic E-state index is -0.826. The molecule has 18 heavy (non-hydrogen) atoms. The fraction of sp³-hybridized carbons (Fsp3) is 0.286. The lowest BCUT2D eigenvalue weighted by Crippen LogP contribution is -1.97. The van der Waals surface area contributed by atoms with Crippen LogP contribution in [0, 0.1) is 25.5 Å². The number of halogens is 3. The SMILES string of the molecule is Cc1cc(C(Cl)Cc2ccc(F)c(F)c2)c(C)s1. The summed E-state index contributed by atoms with van der Waals surface area (Å²) in [5.74, 6) is -1.65. The molecule has 1 heterocycles. The van der Waals surface area contributed by atoms with E-state index in [1.54, 1.807) is 17.4 Å². The standard InChI is InChI=1S/C14H13ClF2S/c1-8-5-11(9(2)18-8)12(15)6-10-3-4-13(16)14(17)7-10/h3-5,7,12H,6H2,1-2H3. The van der Waals surface area contributed by atoms with Crippen molar-refractivity contribution < 1.29 is 8.78 Å². The van der Waals surface area contributed by atoms with Gasteiger partial charge in [-0.1, -0.05) is 6.07 Å². The average Bonchev–Trinajstić information content (AvgIpc) is 2.63. The van der Waals surface area contributed by atoms with E-state index < -0.39 is 11.6 Å². The zero-order chi connectivity index (χ0) is 13.3. The Morgan fingerprint density at radius 1 is 1.17 bits per heavy atom. The third-order valence-corrected chi connectivity index (χ3v) is 4.19. The van der Waals surface area contributed by atoms with Gasteiger partial charge in [-0.15, -0.1) is 22.9 Å². The van der Waals surface area contributed by atoms with Gasteiger partial charge in [-0.3, -0.25) is 0 Å². The van der Waals surface area contributed by atoms with Crippen LogP contribution < -0.4 is 0 Å². The Labute approximate surface area is 114 Å². The van der Waals surface area contributed by atoms with Crippen LogP contribution >= 0.6 is 22.9 Å². The second kappa shape index (κ2) is 5.37. The smallest absolute Gasteiger partial charge is 0.159 e. The Kier molecular flexibility index (Phi) is 4.03. The van der Waals surface area contributed by atoms with Crippen LogP contribution in [0.15, 0.2) is 24.3 Å². The highest BCUT2D eigenvalue weighted by Crippen LogP contribution is 2.32. The van der Waals surface area contributed by atoms with Crippen LogP contribution in [0.5, 0.6) is 0 Å². The van der Waals surface area contributed by atoms with E-state index in [1.165, 1.54) is 15.8 Å². The van der Waals surface area contributed by atoms with Crippen molar-refractivity contribution >= 4 is 22.9 Å². The predicted octanol–water partition coefficient (Wildman–Crippen LogP) is 5.17. The van der Waals surface area contributed by atoms with Crippen LogP contribution in [0.1, 0.15) is 26.3 Å². The molecular weight excluding hydrogens is 274 g/mol. The summed E-state index contributed by atoms with van der Waals surface area (Å²) in [7, 11) is 0. The molecule has 0 fully saturated rings. The maximum Gasteiger partial charge on any atom is 0.159 e. The van der Waals surface area contributed by atoms with E-state index in [9.17, 15) is 8.78 Å². The van der Waals surface area contributed by atoms with Gasteiger partial charge in [0, 0.05) is 9.75 Å². The topological polar surface area (TPSA) is 0 Å². The molecule has 0 N–H and O–H groups in total. The lowest BCUT2D eigenvalue weighted by atomic mass is 10.0. The highest BCUT2D eigenvalue weighted by atomic mass is 35.5. The van der Waals surface area contributed by atoms with Crippen molar-refractivity contribution in [3.63, 3.8) is 0 Å². The molecule has 0 saturated carbocycles. The summed E-state index contributed by atoms with van der Waals surface area (Å²) in [6.45, 7) is 4.05. The Hall–Kier alpha value is -0.930. The van der Waals surface area contributed by atoms with E-state index >= 15 is 0 Å². The van der Waals surface area contributed by atoms with E-state index in [0.29, 0.717) is 12.0 Å². The first-order valence-corrected chi connectivity index (χ1v) is 6.87. The minimum absolute atomic E-state index is 0.209. The van der Waals surface area contributed by atoms with E-state index in [2.05, 4.69) is 6.07 Å². The second-order valence-electron chi connectivity index (χ2n) is 4.29. The monoisotopic (exact) mass is 286 g/mol. The summed E-state index contributed by atoms with van der Waals surface area (Å²) in [5.41, 5.74) is 1.78. The summed E-state index contributed by atoms with van der Waals surface area (Å²) in [5, 5.41) is -0.209. The molecule has 4 heteroatoms. The van der Waals surface area contributed by atoms with Crippen LogP contribution in [-0.2, 0) is 6.42 Å². The van der Waals surface area contributed by atoms with E-state index in [-0.39, 0.29) is 5.38 Å². The molecule has 0 amide bonds. The summed E-state index contributed by atoms with van der Waals surface area (Å²) in [6.07, 6.45) is 0.496. The zero-order valence-corrected chi connectivity index (χ0v) is 11.7. The van der Waals surface area contributed by atoms with Gasteiger partial charge in [0.2, 0.25) is 0 Å². The maximum absolute atomic E-state index is 13.1. The summed E-state index contributed by atoms with van der Waals surface area (Å²) in [4.78, 5) is 2.38. The van der Waals surface area contributed by atoms with Crippen molar-refractivity contribution in [2.75, 3.05) is 0 Å². The van der Waals surface area contributed by atoms with Gasteiger partial charge in [0.15, 0.2) is 11.6 Å². The van der Waals surface area contributed by atoms with Gasteiger partial charge in [0.1, 0.15) is 0 Å². The Balaban J connectivity index is 2.18. The van der Waals surface area contributed by atoms with Gasteiger partial charge in [0.25, 0.3) is 0 Å². The molecule has 0 nitrogen and oxygen atoms in total. The van der Waals surface area contributed by atoms with Gasteiger partial charge in [-0.05, 0) is 49.6 Å². The van der Waals surface area contributed by atoms with Crippen molar-refractivity contribution in [2.24, 2.45) is 0 Å². The number of benzene rings is 1. The fourth-order valence-electron chi connectivity index (χ4n) is 1.94. The van der Waals surface area contributed by atoms with Crippen molar-refractivity contribution in [1.82, 2.24) is 0 Å². The normalized spacial score (nSPS) is 12.7. The van der Waals surface area contributed by atoms with E-state index in [1.807, 2.05) is 13.8 Å². The van der Waals surface area contributed by atoms with Gasteiger partial charge >= 0.3 is 0 Å². The molecule has 1 aromatic heterocycles. The molecule has 1 atom stereocenters.